The molecule has 1 aromatic carbocycles. The highest BCUT2D eigenvalue weighted by Crippen LogP contribution is 2.18. The summed E-state index contributed by atoms with van der Waals surface area (Å²) in [4.78, 5) is 4.03. The molecular weight excluding hydrogens is 252 g/mol. The molecule has 0 aliphatic carbocycles. The number of sulfonamides is 1. The summed E-state index contributed by atoms with van der Waals surface area (Å²) in [7, 11) is -3.70. The van der Waals surface area contributed by atoms with Crippen molar-refractivity contribution in [3.05, 3.63) is 43.0 Å². The van der Waals surface area contributed by atoms with E-state index in [1.807, 2.05) is 10.8 Å². The summed E-state index contributed by atoms with van der Waals surface area (Å²) in [6.07, 6.45) is 5.23. The lowest BCUT2D eigenvalue weighted by molar-refractivity contribution is 0.598. The van der Waals surface area contributed by atoms with E-state index in [0.29, 0.717) is 18.8 Å². The number of nitrogens with zero attached hydrogens (tertiary/aromatic N) is 2. The van der Waals surface area contributed by atoms with Gasteiger partial charge in [0.1, 0.15) is 4.90 Å². The molecule has 0 fully saturated rings. The minimum absolute atomic E-state index is 0.107. The summed E-state index contributed by atoms with van der Waals surface area (Å²) in [5.41, 5.74) is 0.514. The largest absolute Gasteiger partial charge is 0.382 e. The molecule has 0 aliphatic rings. The molecule has 0 saturated heterocycles. The Balaban J connectivity index is 2.06. The Bertz CT molecular complexity index is 608. The third-order valence-corrected chi connectivity index (χ3v) is 3.41. The highest BCUT2D eigenvalue weighted by Gasteiger charge is 2.12. The van der Waals surface area contributed by atoms with E-state index in [-0.39, 0.29) is 4.90 Å². The maximum absolute atomic E-state index is 11.4. The molecule has 1 aromatic heterocycles. The molecule has 0 amide bonds. The smallest absolute Gasteiger partial charge is 0.240 e. The maximum atomic E-state index is 11.4. The third kappa shape index (κ3) is 3.08. The van der Waals surface area contributed by atoms with Crippen LogP contribution in [0.1, 0.15) is 0 Å². The monoisotopic (exact) mass is 266 g/mol. The van der Waals surface area contributed by atoms with Gasteiger partial charge in [-0.05, 0) is 12.1 Å². The molecule has 1 heterocycles. The number of nitrogens with two attached hydrogens (primary N) is 1. The first-order valence-corrected chi connectivity index (χ1v) is 6.93. The number of hydrogen-bond donors (Lipinski definition) is 2. The van der Waals surface area contributed by atoms with E-state index in [2.05, 4.69) is 10.3 Å². The molecule has 0 unspecified atom stereocenters. The normalized spacial score (nSPS) is 11.4. The van der Waals surface area contributed by atoms with E-state index in [1.165, 1.54) is 6.07 Å². The Kier molecular flexibility index (Phi) is 3.63. The molecule has 0 bridgehead atoms. The summed E-state index contributed by atoms with van der Waals surface area (Å²) < 4.78 is 24.6. The van der Waals surface area contributed by atoms with E-state index in [1.54, 1.807) is 30.7 Å². The van der Waals surface area contributed by atoms with Crippen LogP contribution in [0.2, 0.25) is 0 Å². The highest BCUT2D eigenvalue weighted by molar-refractivity contribution is 7.89. The van der Waals surface area contributed by atoms with Crippen LogP contribution in [-0.2, 0) is 16.6 Å². The van der Waals surface area contributed by atoms with Gasteiger partial charge < -0.3 is 9.88 Å². The van der Waals surface area contributed by atoms with E-state index >= 15 is 0 Å². The fourth-order valence-electron chi connectivity index (χ4n) is 1.60. The second-order valence-electron chi connectivity index (χ2n) is 3.77. The van der Waals surface area contributed by atoms with E-state index in [9.17, 15) is 8.42 Å². The SMILES string of the molecule is NS(=O)(=O)c1ccccc1NCCn1ccnc1. The standard InChI is InChI=1S/C11H14N4O2S/c12-18(16,17)11-4-2-1-3-10(11)14-6-8-15-7-5-13-9-15/h1-5,7,9,14H,6,8H2,(H2,12,16,17). The third-order valence-electron chi connectivity index (χ3n) is 2.44. The number of rotatable bonds is 5. The first kappa shape index (κ1) is 12.6. The molecular formula is C11H14N4O2S. The molecule has 0 aliphatic heterocycles. The van der Waals surface area contributed by atoms with Crippen LogP contribution in [0.15, 0.2) is 47.9 Å². The number of para-hydroxylation sites is 1. The van der Waals surface area contributed by atoms with E-state index in [0.717, 1.165) is 0 Å². The molecule has 6 nitrogen and oxygen atoms in total. The van der Waals surface area contributed by atoms with Crippen LogP contribution in [0.4, 0.5) is 5.69 Å². The lowest BCUT2D eigenvalue weighted by Crippen LogP contribution is -2.16. The maximum Gasteiger partial charge on any atom is 0.240 e. The van der Waals surface area contributed by atoms with Gasteiger partial charge in [0.25, 0.3) is 0 Å². The van der Waals surface area contributed by atoms with Crippen molar-refractivity contribution in [2.24, 2.45) is 5.14 Å². The number of primary sulfonamides is 1. The van der Waals surface area contributed by atoms with Crippen LogP contribution in [0.3, 0.4) is 0 Å². The van der Waals surface area contributed by atoms with Gasteiger partial charge in [-0.3, -0.25) is 0 Å². The number of nitrogens with one attached hydrogen (secondary N) is 1. The summed E-state index contributed by atoms with van der Waals surface area (Å²) in [6, 6.07) is 6.57. The molecule has 2 rings (SSSR count). The van der Waals surface area contributed by atoms with Crippen molar-refractivity contribution in [3.63, 3.8) is 0 Å². The predicted molar refractivity (Wildman–Crippen MR) is 68.5 cm³/mol. The Labute approximate surface area is 106 Å². The zero-order chi connectivity index (χ0) is 13.0. The molecule has 0 spiro atoms. The van der Waals surface area contributed by atoms with Gasteiger partial charge in [0.15, 0.2) is 0 Å². The summed E-state index contributed by atoms with van der Waals surface area (Å²) in [6.45, 7) is 1.28. The van der Waals surface area contributed by atoms with Gasteiger partial charge in [0.05, 0.1) is 12.0 Å². The van der Waals surface area contributed by atoms with Crippen LogP contribution < -0.4 is 10.5 Å². The summed E-state index contributed by atoms with van der Waals surface area (Å²) >= 11 is 0. The lowest BCUT2D eigenvalue weighted by atomic mass is 10.3. The topological polar surface area (TPSA) is 90.0 Å². The molecule has 96 valence electrons. The number of imidazole rings is 1. The van der Waals surface area contributed by atoms with Crippen LogP contribution >= 0.6 is 0 Å². The molecule has 0 saturated carbocycles. The van der Waals surface area contributed by atoms with Crippen LogP contribution in [-0.4, -0.2) is 24.5 Å². The molecule has 0 radical (unpaired) electrons. The van der Waals surface area contributed by atoms with Crippen molar-refractivity contribution >= 4 is 15.7 Å². The average Bonchev–Trinajstić information content (AvgIpc) is 2.81. The van der Waals surface area contributed by atoms with Gasteiger partial charge in [-0.2, -0.15) is 0 Å². The highest BCUT2D eigenvalue weighted by atomic mass is 32.2. The molecule has 18 heavy (non-hydrogen) atoms. The Morgan fingerprint density at radius 3 is 2.78 bits per heavy atom. The Morgan fingerprint density at radius 2 is 2.11 bits per heavy atom. The zero-order valence-electron chi connectivity index (χ0n) is 9.65. The first-order chi connectivity index (χ1) is 8.57. The van der Waals surface area contributed by atoms with Gasteiger partial charge in [-0.25, -0.2) is 18.5 Å². The van der Waals surface area contributed by atoms with Gasteiger partial charge in [0, 0.05) is 25.5 Å². The van der Waals surface area contributed by atoms with E-state index < -0.39 is 10.0 Å². The fourth-order valence-corrected chi connectivity index (χ4v) is 2.31. The fraction of sp³-hybridized carbons (Fsp3) is 0.182. The van der Waals surface area contributed by atoms with Gasteiger partial charge in [-0.15, -0.1) is 0 Å². The first-order valence-electron chi connectivity index (χ1n) is 5.39. The van der Waals surface area contributed by atoms with Crippen molar-refractivity contribution in [2.45, 2.75) is 11.4 Å². The van der Waals surface area contributed by atoms with Crippen LogP contribution in [0, 0.1) is 0 Å². The zero-order valence-corrected chi connectivity index (χ0v) is 10.5. The predicted octanol–water partition coefficient (Wildman–Crippen LogP) is 0.643. The summed E-state index contributed by atoms with van der Waals surface area (Å²) in [5, 5.41) is 8.19. The van der Waals surface area contributed by atoms with Gasteiger partial charge in [-0.1, -0.05) is 12.1 Å². The number of anilines is 1. The van der Waals surface area contributed by atoms with E-state index in [4.69, 9.17) is 5.14 Å². The van der Waals surface area contributed by atoms with Crippen molar-refractivity contribution in [3.8, 4) is 0 Å². The quantitative estimate of drug-likeness (QED) is 0.831. The minimum atomic E-state index is -3.70. The summed E-state index contributed by atoms with van der Waals surface area (Å²) in [5.74, 6) is 0. The number of hydrogen-bond acceptors (Lipinski definition) is 4. The number of aromatic nitrogens is 2. The molecule has 3 N–H and O–H groups in total. The van der Waals surface area contributed by atoms with Crippen molar-refractivity contribution in [1.29, 1.82) is 0 Å². The number of benzene rings is 1. The second-order valence-corrected chi connectivity index (χ2v) is 5.30. The van der Waals surface area contributed by atoms with Crippen molar-refractivity contribution in [2.75, 3.05) is 11.9 Å². The lowest BCUT2D eigenvalue weighted by Gasteiger charge is -2.10. The molecule has 0 atom stereocenters. The molecule has 2 aromatic rings. The van der Waals surface area contributed by atoms with Gasteiger partial charge in [0.2, 0.25) is 10.0 Å². The van der Waals surface area contributed by atoms with Crippen LogP contribution in [0.25, 0.3) is 0 Å². The average molecular weight is 266 g/mol. The Morgan fingerprint density at radius 1 is 1.33 bits per heavy atom. The minimum Gasteiger partial charge on any atom is -0.382 e. The van der Waals surface area contributed by atoms with Gasteiger partial charge >= 0.3 is 0 Å². The van der Waals surface area contributed by atoms with Crippen molar-refractivity contribution < 1.29 is 8.42 Å². The molecule has 7 heteroatoms. The second kappa shape index (κ2) is 5.19. The van der Waals surface area contributed by atoms with Crippen molar-refractivity contribution in [1.82, 2.24) is 9.55 Å². The van der Waals surface area contributed by atoms with Crippen LogP contribution in [0.5, 0.6) is 0 Å². The Hall–Kier alpha value is -1.86.